The second-order valence-electron chi connectivity index (χ2n) is 11.9. The molecule has 0 heterocycles. The molecule has 0 aliphatic heterocycles. The zero-order valence-electron chi connectivity index (χ0n) is 20.6. The quantitative estimate of drug-likeness (QED) is 0.337. The lowest BCUT2D eigenvalue weighted by atomic mass is 9.44. The van der Waals surface area contributed by atoms with Gasteiger partial charge in [-0.25, -0.2) is 0 Å². The molecule has 7 atom stereocenters. The van der Waals surface area contributed by atoms with Crippen LogP contribution in [0.1, 0.15) is 112 Å². The van der Waals surface area contributed by atoms with Crippen molar-refractivity contribution in [2.75, 3.05) is 0 Å². The van der Waals surface area contributed by atoms with Gasteiger partial charge in [-0.1, -0.05) is 45.6 Å². The third kappa shape index (κ3) is 3.62. The Bertz CT molecular complexity index is 753. The Labute approximate surface area is 189 Å². The van der Waals surface area contributed by atoms with E-state index in [-0.39, 0.29) is 22.4 Å². The van der Waals surface area contributed by atoms with E-state index in [1.54, 1.807) is 0 Å². The number of ketones is 1. The number of carbonyl (C=O) groups is 2. The second kappa shape index (κ2) is 8.34. The number of fused-ring (bicyclic) bond motifs is 5. The molecule has 4 rings (SSSR count). The van der Waals surface area contributed by atoms with Gasteiger partial charge in [0.2, 0.25) is 0 Å². The second-order valence-corrected chi connectivity index (χ2v) is 11.9. The highest BCUT2D eigenvalue weighted by Gasteiger charge is 2.65. The monoisotopic (exact) mass is 428 g/mol. The normalized spacial score (nSPS) is 44.2. The van der Waals surface area contributed by atoms with Crippen LogP contribution in [0.4, 0.5) is 0 Å². The molecule has 174 valence electrons. The van der Waals surface area contributed by atoms with Crippen molar-refractivity contribution < 1.29 is 14.3 Å². The first-order chi connectivity index (χ1) is 14.7. The Morgan fingerprint density at radius 2 is 1.77 bits per heavy atom. The third-order valence-corrected chi connectivity index (χ3v) is 10.7. The Morgan fingerprint density at radius 3 is 2.52 bits per heavy atom. The molecule has 0 unspecified atom stereocenters. The summed E-state index contributed by atoms with van der Waals surface area (Å²) >= 11 is 0. The smallest absolute Gasteiger partial charge is 0.306 e. The average Bonchev–Trinajstić information content (AvgIpc) is 2.97. The number of carbonyl (C=O) groups excluding carboxylic acids is 2. The zero-order chi connectivity index (χ0) is 22.4. The minimum Gasteiger partial charge on any atom is -0.459 e. The van der Waals surface area contributed by atoms with Gasteiger partial charge in [0.1, 0.15) is 5.60 Å². The molecule has 3 nitrogen and oxygen atoms in total. The molecule has 0 aromatic rings. The van der Waals surface area contributed by atoms with E-state index < -0.39 is 0 Å². The zero-order valence-corrected chi connectivity index (χ0v) is 20.6. The van der Waals surface area contributed by atoms with Crippen LogP contribution in [-0.4, -0.2) is 17.4 Å². The van der Waals surface area contributed by atoms with Crippen molar-refractivity contribution in [3.63, 3.8) is 0 Å². The topological polar surface area (TPSA) is 43.4 Å². The summed E-state index contributed by atoms with van der Waals surface area (Å²) in [5, 5.41) is 0. The predicted molar refractivity (Wildman–Crippen MR) is 125 cm³/mol. The number of ether oxygens (including phenoxy) is 1. The maximum atomic E-state index is 12.7. The van der Waals surface area contributed by atoms with E-state index in [1.165, 1.54) is 44.1 Å². The van der Waals surface area contributed by atoms with Crippen molar-refractivity contribution in [3.8, 4) is 0 Å². The van der Waals surface area contributed by atoms with Crippen LogP contribution < -0.4 is 0 Å². The van der Waals surface area contributed by atoms with Crippen LogP contribution in [0.3, 0.4) is 0 Å². The van der Waals surface area contributed by atoms with Crippen molar-refractivity contribution in [2.45, 2.75) is 117 Å². The van der Waals surface area contributed by atoms with Crippen LogP contribution in [0.15, 0.2) is 11.6 Å². The van der Waals surface area contributed by atoms with Crippen LogP contribution >= 0.6 is 0 Å². The third-order valence-electron chi connectivity index (χ3n) is 10.7. The van der Waals surface area contributed by atoms with E-state index >= 15 is 0 Å². The Hall–Kier alpha value is -1.12. The van der Waals surface area contributed by atoms with Gasteiger partial charge in [0.25, 0.3) is 0 Å². The summed E-state index contributed by atoms with van der Waals surface area (Å²) < 4.78 is 6.30. The minimum atomic E-state index is -0.324. The maximum absolute atomic E-state index is 12.7. The first-order valence-corrected chi connectivity index (χ1v) is 13.1. The van der Waals surface area contributed by atoms with Gasteiger partial charge in [0.15, 0.2) is 5.78 Å². The number of hydrogen-bond donors (Lipinski definition) is 0. The molecule has 3 saturated carbocycles. The summed E-state index contributed by atoms with van der Waals surface area (Å²) in [6.07, 6.45) is 14.7. The number of allylic oxidation sites excluding steroid dienone is 2. The lowest BCUT2D eigenvalue weighted by Gasteiger charge is -2.61. The van der Waals surface area contributed by atoms with Crippen LogP contribution in [0.25, 0.3) is 0 Å². The van der Waals surface area contributed by atoms with Gasteiger partial charge in [-0.15, -0.1) is 0 Å². The van der Waals surface area contributed by atoms with Crippen molar-refractivity contribution in [1.82, 2.24) is 0 Å². The molecule has 0 N–H and O–H groups in total. The van der Waals surface area contributed by atoms with E-state index in [0.29, 0.717) is 35.9 Å². The molecular formula is C28H44O3. The fourth-order valence-electron chi connectivity index (χ4n) is 8.45. The fourth-order valence-corrected chi connectivity index (χ4v) is 8.45. The van der Waals surface area contributed by atoms with Gasteiger partial charge in [-0.3, -0.25) is 9.59 Å². The molecule has 4 aliphatic carbocycles. The Kier molecular flexibility index (Phi) is 6.20. The van der Waals surface area contributed by atoms with Gasteiger partial charge in [-0.2, -0.15) is 0 Å². The van der Waals surface area contributed by atoms with E-state index in [1.807, 2.05) is 6.08 Å². The minimum absolute atomic E-state index is 0.0165. The van der Waals surface area contributed by atoms with E-state index in [4.69, 9.17) is 4.74 Å². The first kappa shape index (κ1) is 23.1. The van der Waals surface area contributed by atoms with Crippen molar-refractivity contribution in [3.05, 3.63) is 11.6 Å². The Morgan fingerprint density at radius 1 is 1.03 bits per heavy atom. The molecule has 0 amide bonds. The van der Waals surface area contributed by atoms with E-state index in [2.05, 4.69) is 34.6 Å². The molecule has 31 heavy (non-hydrogen) atoms. The van der Waals surface area contributed by atoms with Gasteiger partial charge in [0, 0.05) is 18.3 Å². The maximum Gasteiger partial charge on any atom is 0.306 e. The molecular weight excluding hydrogens is 384 g/mol. The number of esters is 1. The van der Waals surface area contributed by atoms with Gasteiger partial charge >= 0.3 is 5.97 Å². The average molecular weight is 429 g/mol. The lowest BCUT2D eigenvalue weighted by Crippen LogP contribution is -2.56. The lowest BCUT2D eigenvalue weighted by molar-refractivity contribution is -0.182. The number of rotatable bonds is 6. The summed E-state index contributed by atoms with van der Waals surface area (Å²) in [5.41, 5.74) is 1.26. The van der Waals surface area contributed by atoms with Crippen LogP contribution in [0, 0.1) is 34.5 Å². The standard InChI is InChI=1S/C28H44O3/c1-6-7-8-9-10-25(30)31-27(4)16-14-23-22-12-11-20-18-21(29)17-19(2)28(20,5)24(22)13-15-26(23,27)3/h17,20,22-24H,6-16,18H2,1-5H3/t20-,22-,23-,24-,26-,27-,28-/m0/s1. The molecule has 0 aromatic heterocycles. The number of unbranched alkanes of at least 4 members (excludes halogenated alkanes) is 3. The van der Waals surface area contributed by atoms with Crippen molar-refractivity contribution >= 4 is 11.8 Å². The highest BCUT2D eigenvalue weighted by molar-refractivity contribution is 5.91. The van der Waals surface area contributed by atoms with Crippen LogP contribution in [0.2, 0.25) is 0 Å². The molecule has 3 fully saturated rings. The summed E-state index contributed by atoms with van der Waals surface area (Å²) in [5.74, 6) is 2.86. The number of hydrogen-bond acceptors (Lipinski definition) is 3. The molecule has 0 aromatic carbocycles. The highest BCUT2D eigenvalue weighted by Crippen LogP contribution is 2.69. The summed E-state index contributed by atoms with van der Waals surface area (Å²) in [6.45, 7) is 11.5. The van der Waals surface area contributed by atoms with Crippen molar-refractivity contribution in [1.29, 1.82) is 0 Å². The van der Waals surface area contributed by atoms with Gasteiger partial charge in [0.05, 0.1) is 0 Å². The molecule has 3 heteroatoms. The fraction of sp³-hybridized carbons (Fsp3) is 0.857. The SMILES string of the molecule is CCCCCCC(=O)O[C@@]1(C)CC[C@H]2[C@@H]3CC[C@H]4CC(=O)C=C(C)[C@]4(C)[C@H]3CC[C@@]21C. The molecule has 0 spiro atoms. The van der Waals surface area contributed by atoms with Crippen LogP contribution in [-0.2, 0) is 14.3 Å². The summed E-state index contributed by atoms with van der Waals surface area (Å²) in [7, 11) is 0. The Balaban J connectivity index is 1.50. The highest BCUT2D eigenvalue weighted by atomic mass is 16.6. The van der Waals surface area contributed by atoms with Gasteiger partial charge < -0.3 is 4.74 Å². The van der Waals surface area contributed by atoms with Crippen molar-refractivity contribution in [2.24, 2.45) is 34.5 Å². The first-order valence-electron chi connectivity index (χ1n) is 13.1. The summed E-state index contributed by atoms with van der Waals surface area (Å²) in [4.78, 5) is 25.0. The predicted octanol–water partition coefficient (Wildman–Crippen LogP) is 7.04. The molecule has 4 aliphatic rings. The largest absolute Gasteiger partial charge is 0.459 e. The molecule has 0 bridgehead atoms. The van der Waals surface area contributed by atoms with E-state index in [0.717, 1.165) is 32.1 Å². The summed E-state index contributed by atoms with van der Waals surface area (Å²) in [6, 6.07) is 0. The molecule has 0 radical (unpaired) electrons. The van der Waals surface area contributed by atoms with Crippen LogP contribution in [0.5, 0.6) is 0 Å². The van der Waals surface area contributed by atoms with Gasteiger partial charge in [-0.05, 0) is 94.0 Å². The molecule has 0 saturated heterocycles. The van der Waals surface area contributed by atoms with E-state index in [9.17, 15) is 9.59 Å².